The molecule has 0 aliphatic heterocycles. The van der Waals surface area contributed by atoms with Crippen LogP contribution in [0.3, 0.4) is 0 Å². The SMILES string of the molecule is CCC(=O)NCC(=O)Oc1ccccc1O. The summed E-state index contributed by atoms with van der Waals surface area (Å²) in [6.45, 7) is 1.48. The minimum atomic E-state index is -0.622. The van der Waals surface area contributed by atoms with E-state index in [0.717, 1.165) is 0 Å². The Morgan fingerprint density at radius 3 is 2.69 bits per heavy atom. The average Bonchev–Trinajstić information content (AvgIpc) is 2.29. The third-order valence-corrected chi connectivity index (χ3v) is 1.84. The quantitative estimate of drug-likeness (QED) is 0.585. The molecular formula is C11H13NO4. The third kappa shape index (κ3) is 3.61. The highest BCUT2D eigenvalue weighted by Gasteiger charge is 2.08. The molecule has 0 bridgehead atoms. The van der Waals surface area contributed by atoms with E-state index in [1.54, 1.807) is 19.1 Å². The third-order valence-electron chi connectivity index (χ3n) is 1.84. The van der Waals surface area contributed by atoms with Crippen molar-refractivity contribution in [2.45, 2.75) is 13.3 Å². The maximum atomic E-state index is 11.2. The molecule has 0 aromatic heterocycles. The molecule has 1 rings (SSSR count). The van der Waals surface area contributed by atoms with Gasteiger partial charge in [-0.3, -0.25) is 4.79 Å². The highest BCUT2D eigenvalue weighted by molar-refractivity contribution is 5.82. The molecule has 86 valence electrons. The lowest BCUT2D eigenvalue weighted by Gasteiger charge is -2.06. The smallest absolute Gasteiger partial charge is 0.330 e. The summed E-state index contributed by atoms with van der Waals surface area (Å²) < 4.78 is 4.84. The van der Waals surface area contributed by atoms with Crippen molar-refractivity contribution in [2.75, 3.05) is 6.54 Å². The molecule has 0 saturated carbocycles. The predicted octanol–water partition coefficient (Wildman–Crippen LogP) is 0.824. The van der Waals surface area contributed by atoms with Crippen LogP contribution in [0.15, 0.2) is 24.3 Å². The number of phenolic OH excluding ortho intramolecular Hbond substituents is 1. The first-order chi connectivity index (χ1) is 7.63. The number of hydrogen-bond donors (Lipinski definition) is 2. The zero-order valence-electron chi connectivity index (χ0n) is 8.90. The van der Waals surface area contributed by atoms with Crippen molar-refractivity contribution < 1.29 is 19.4 Å². The molecule has 1 amide bonds. The standard InChI is InChI=1S/C11H13NO4/c1-2-10(14)12-7-11(15)16-9-6-4-3-5-8(9)13/h3-6,13H,2,7H2,1H3,(H,12,14). The van der Waals surface area contributed by atoms with Crippen LogP contribution in [0.5, 0.6) is 11.5 Å². The van der Waals surface area contributed by atoms with Crippen LogP contribution < -0.4 is 10.1 Å². The molecule has 0 atom stereocenters. The van der Waals surface area contributed by atoms with E-state index in [-0.39, 0.29) is 24.0 Å². The molecule has 0 spiro atoms. The van der Waals surface area contributed by atoms with Crippen LogP contribution in [0, 0.1) is 0 Å². The Morgan fingerprint density at radius 2 is 2.06 bits per heavy atom. The van der Waals surface area contributed by atoms with E-state index in [1.807, 2.05) is 0 Å². The summed E-state index contributed by atoms with van der Waals surface area (Å²) in [5.41, 5.74) is 0. The summed E-state index contributed by atoms with van der Waals surface area (Å²) in [4.78, 5) is 22.1. The molecule has 0 saturated heterocycles. The van der Waals surface area contributed by atoms with Gasteiger partial charge in [0.2, 0.25) is 5.91 Å². The first-order valence-corrected chi connectivity index (χ1v) is 4.89. The summed E-state index contributed by atoms with van der Waals surface area (Å²) >= 11 is 0. The van der Waals surface area contributed by atoms with Crippen LogP contribution in [-0.2, 0) is 9.59 Å². The van der Waals surface area contributed by atoms with Crippen LogP contribution in [0.4, 0.5) is 0 Å². The van der Waals surface area contributed by atoms with Gasteiger partial charge in [0.15, 0.2) is 11.5 Å². The molecule has 5 nitrogen and oxygen atoms in total. The average molecular weight is 223 g/mol. The molecule has 0 unspecified atom stereocenters. The van der Waals surface area contributed by atoms with Crippen LogP contribution >= 0.6 is 0 Å². The Morgan fingerprint density at radius 1 is 1.38 bits per heavy atom. The van der Waals surface area contributed by atoms with Crippen molar-refractivity contribution in [2.24, 2.45) is 0 Å². The minimum Gasteiger partial charge on any atom is -0.504 e. The Labute approximate surface area is 93.0 Å². The molecule has 1 aromatic carbocycles. The van der Waals surface area contributed by atoms with Gasteiger partial charge >= 0.3 is 5.97 Å². The molecular weight excluding hydrogens is 210 g/mol. The van der Waals surface area contributed by atoms with E-state index in [9.17, 15) is 14.7 Å². The molecule has 2 N–H and O–H groups in total. The fourth-order valence-electron chi connectivity index (χ4n) is 0.998. The number of carbonyl (C=O) groups excluding carboxylic acids is 2. The fourth-order valence-corrected chi connectivity index (χ4v) is 0.998. The molecule has 0 fully saturated rings. The van der Waals surface area contributed by atoms with Gasteiger partial charge in [-0.25, -0.2) is 4.79 Å². The van der Waals surface area contributed by atoms with Gasteiger partial charge in [-0.05, 0) is 12.1 Å². The zero-order valence-corrected chi connectivity index (χ0v) is 8.90. The molecule has 5 heteroatoms. The highest BCUT2D eigenvalue weighted by atomic mass is 16.5. The number of amides is 1. The predicted molar refractivity (Wildman–Crippen MR) is 57.0 cm³/mol. The number of ether oxygens (including phenoxy) is 1. The fraction of sp³-hybridized carbons (Fsp3) is 0.273. The first kappa shape index (κ1) is 12.0. The summed E-state index contributed by atoms with van der Waals surface area (Å²) in [7, 11) is 0. The van der Waals surface area contributed by atoms with Gasteiger partial charge in [-0.2, -0.15) is 0 Å². The molecule has 16 heavy (non-hydrogen) atoms. The Bertz CT molecular complexity index is 389. The summed E-state index contributed by atoms with van der Waals surface area (Å²) in [5, 5.41) is 11.7. The van der Waals surface area contributed by atoms with Gasteiger partial charge in [0.25, 0.3) is 0 Å². The number of carbonyl (C=O) groups is 2. The highest BCUT2D eigenvalue weighted by Crippen LogP contribution is 2.24. The number of benzene rings is 1. The molecule has 0 radical (unpaired) electrons. The van der Waals surface area contributed by atoms with E-state index in [1.165, 1.54) is 12.1 Å². The number of nitrogens with one attached hydrogen (secondary N) is 1. The Hall–Kier alpha value is -2.04. The Balaban J connectivity index is 2.46. The van der Waals surface area contributed by atoms with Crippen molar-refractivity contribution in [3.05, 3.63) is 24.3 Å². The number of phenols is 1. The second kappa shape index (κ2) is 5.75. The lowest BCUT2D eigenvalue weighted by molar-refractivity contribution is -0.135. The van der Waals surface area contributed by atoms with E-state index in [0.29, 0.717) is 6.42 Å². The molecule has 0 aliphatic carbocycles. The number of esters is 1. The largest absolute Gasteiger partial charge is 0.504 e. The topological polar surface area (TPSA) is 75.6 Å². The van der Waals surface area contributed by atoms with Crippen molar-refractivity contribution >= 4 is 11.9 Å². The monoisotopic (exact) mass is 223 g/mol. The van der Waals surface area contributed by atoms with Crippen molar-refractivity contribution in [3.63, 3.8) is 0 Å². The van der Waals surface area contributed by atoms with Gasteiger partial charge in [-0.15, -0.1) is 0 Å². The zero-order chi connectivity index (χ0) is 12.0. The number of aromatic hydroxyl groups is 1. The van der Waals surface area contributed by atoms with Gasteiger partial charge in [0.05, 0.1) is 0 Å². The lowest BCUT2D eigenvalue weighted by atomic mass is 10.3. The van der Waals surface area contributed by atoms with Gasteiger partial charge in [0.1, 0.15) is 6.54 Å². The van der Waals surface area contributed by atoms with E-state index in [2.05, 4.69) is 5.32 Å². The van der Waals surface area contributed by atoms with Gasteiger partial charge < -0.3 is 15.2 Å². The normalized spacial score (nSPS) is 9.56. The molecule has 0 heterocycles. The summed E-state index contributed by atoms with van der Waals surface area (Å²) in [6.07, 6.45) is 0.309. The maximum Gasteiger partial charge on any atom is 0.330 e. The second-order valence-electron chi connectivity index (χ2n) is 3.07. The number of para-hydroxylation sites is 2. The Kier molecular flexibility index (Phi) is 4.32. The van der Waals surface area contributed by atoms with E-state index in [4.69, 9.17) is 4.74 Å². The van der Waals surface area contributed by atoms with E-state index >= 15 is 0 Å². The van der Waals surface area contributed by atoms with Crippen molar-refractivity contribution in [3.8, 4) is 11.5 Å². The van der Waals surface area contributed by atoms with Crippen LogP contribution in [0.1, 0.15) is 13.3 Å². The number of hydrogen-bond acceptors (Lipinski definition) is 4. The summed E-state index contributed by atoms with van der Waals surface area (Å²) in [5.74, 6) is -0.881. The molecule has 1 aromatic rings. The van der Waals surface area contributed by atoms with Crippen LogP contribution in [-0.4, -0.2) is 23.5 Å². The molecule has 0 aliphatic rings. The number of rotatable bonds is 4. The van der Waals surface area contributed by atoms with Crippen molar-refractivity contribution in [1.29, 1.82) is 0 Å². The van der Waals surface area contributed by atoms with E-state index < -0.39 is 5.97 Å². The van der Waals surface area contributed by atoms with Gasteiger partial charge in [0, 0.05) is 6.42 Å². The van der Waals surface area contributed by atoms with Crippen LogP contribution in [0.2, 0.25) is 0 Å². The minimum absolute atomic E-state index is 0.0817. The second-order valence-corrected chi connectivity index (χ2v) is 3.07. The maximum absolute atomic E-state index is 11.2. The van der Waals surface area contributed by atoms with Crippen LogP contribution in [0.25, 0.3) is 0 Å². The van der Waals surface area contributed by atoms with Gasteiger partial charge in [-0.1, -0.05) is 19.1 Å². The lowest BCUT2D eigenvalue weighted by Crippen LogP contribution is -2.31. The summed E-state index contributed by atoms with van der Waals surface area (Å²) in [6, 6.07) is 6.13. The first-order valence-electron chi connectivity index (χ1n) is 4.89. The van der Waals surface area contributed by atoms with Crippen molar-refractivity contribution in [1.82, 2.24) is 5.32 Å².